The molecule has 3 nitrogen and oxygen atoms in total. The summed E-state index contributed by atoms with van der Waals surface area (Å²) in [6.07, 6.45) is 10.6. The highest BCUT2D eigenvalue weighted by atomic mass is 35.5. The van der Waals surface area contributed by atoms with Crippen molar-refractivity contribution in [3.63, 3.8) is 0 Å². The Hall–Kier alpha value is 0.460. The van der Waals surface area contributed by atoms with E-state index in [-0.39, 0.29) is 24.8 Å². The molecule has 0 unspecified atom stereocenters. The maximum Gasteiger partial charge on any atom is 0.0836 e. The second-order valence-electron chi connectivity index (χ2n) is 8.48. The molecule has 0 saturated carbocycles. The molecule has 0 aromatic carbocycles. The molecule has 5 heteroatoms. The minimum absolute atomic E-state index is 0. The highest BCUT2D eigenvalue weighted by Crippen LogP contribution is 2.06. The van der Waals surface area contributed by atoms with E-state index < -0.39 is 0 Å². The Bertz CT molecular complexity index is 256. The lowest BCUT2D eigenvalue weighted by Gasteiger charge is -2.31. The van der Waals surface area contributed by atoms with Crippen molar-refractivity contribution in [3.05, 3.63) is 0 Å². The Balaban J connectivity index is -0.00000220. The van der Waals surface area contributed by atoms with Crippen LogP contribution in [0.1, 0.15) is 58.3 Å². The van der Waals surface area contributed by atoms with Gasteiger partial charge in [0.15, 0.2) is 0 Å². The number of nitrogens with zero attached hydrogens (tertiary/aromatic N) is 2. The molecule has 0 heterocycles. The third kappa shape index (κ3) is 22.5. The zero-order valence-electron chi connectivity index (χ0n) is 17.3. The molecule has 0 aromatic rings. The van der Waals surface area contributed by atoms with Crippen molar-refractivity contribution in [2.45, 2.75) is 58.3 Å². The molecule has 0 radical (unpaired) electrons. The van der Waals surface area contributed by atoms with Gasteiger partial charge in [-0.05, 0) is 6.42 Å². The fraction of sp³-hybridized carbons (Fsp3) is 1.00. The Kier molecular flexibility index (Phi) is 20.6. The lowest BCUT2D eigenvalue weighted by molar-refractivity contribution is -0.902. The summed E-state index contributed by atoms with van der Waals surface area (Å²) in [6.45, 7) is 7.93. The molecule has 0 rings (SSSR count). The van der Waals surface area contributed by atoms with E-state index in [2.05, 4.69) is 42.2 Å². The number of hydrogen-bond donors (Lipinski definition) is 0. The number of unbranched alkanes of at least 4 members (excludes halogenated alkanes) is 5. The third-order valence-electron chi connectivity index (χ3n) is 4.29. The second kappa shape index (κ2) is 16.9. The summed E-state index contributed by atoms with van der Waals surface area (Å²) in [5.74, 6) is 0. The van der Waals surface area contributed by atoms with Crippen LogP contribution in [0.15, 0.2) is 0 Å². The summed E-state index contributed by atoms with van der Waals surface area (Å²) in [5, 5.41) is 0. The highest BCUT2D eigenvalue weighted by Gasteiger charge is 2.16. The fourth-order valence-electron chi connectivity index (χ4n) is 2.77. The SMILES string of the molecule is CCCCCCCCOCCC[N+](C)(C)CCC[N+](C)(C)C.[Cl-].[Cl-]. The molecule has 0 fully saturated rings. The smallest absolute Gasteiger partial charge is 0.0836 e. The Labute approximate surface area is 165 Å². The molecule has 0 aliphatic heterocycles. The maximum absolute atomic E-state index is 5.78. The largest absolute Gasteiger partial charge is 1.00 e. The molecule has 150 valence electrons. The lowest BCUT2D eigenvalue weighted by Crippen LogP contribution is -3.00. The Morgan fingerprint density at radius 1 is 0.583 bits per heavy atom. The molecule has 0 aromatic heterocycles. The molecule has 0 amide bonds. The first-order chi connectivity index (χ1) is 10.3. The summed E-state index contributed by atoms with van der Waals surface area (Å²) in [7, 11) is 11.5. The monoisotopic (exact) mass is 386 g/mol. The van der Waals surface area contributed by atoms with E-state index in [1.807, 2.05) is 0 Å². The van der Waals surface area contributed by atoms with Gasteiger partial charge < -0.3 is 38.5 Å². The predicted octanol–water partition coefficient (Wildman–Crippen LogP) is -2.07. The molecular formula is C19H44Cl2N2O. The molecule has 0 saturated heterocycles. The van der Waals surface area contributed by atoms with E-state index in [1.54, 1.807) is 0 Å². The predicted molar refractivity (Wildman–Crippen MR) is 98.2 cm³/mol. The van der Waals surface area contributed by atoms with Crippen molar-refractivity contribution in [2.24, 2.45) is 0 Å². The summed E-state index contributed by atoms with van der Waals surface area (Å²) < 4.78 is 7.98. The first-order valence-corrected chi connectivity index (χ1v) is 9.47. The molecular weight excluding hydrogens is 343 g/mol. The highest BCUT2D eigenvalue weighted by molar-refractivity contribution is 4.44. The number of ether oxygens (including phenoxy) is 1. The first kappa shape index (κ1) is 29.2. The van der Waals surface area contributed by atoms with Crippen LogP contribution >= 0.6 is 0 Å². The van der Waals surface area contributed by atoms with Gasteiger partial charge in [-0.3, -0.25) is 0 Å². The van der Waals surface area contributed by atoms with Gasteiger partial charge in [0.2, 0.25) is 0 Å². The van der Waals surface area contributed by atoms with Crippen LogP contribution in [0.4, 0.5) is 0 Å². The van der Waals surface area contributed by atoms with Gasteiger partial charge in [0.25, 0.3) is 0 Å². The summed E-state index contributed by atoms with van der Waals surface area (Å²) in [5.41, 5.74) is 0. The first-order valence-electron chi connectivity index (χ1n) is 9.47. The summed E-state index contributed by atoms with van der Waals surface area (Å²) in [6, 6.07) is 0. The van der Waals surface area contributed by atoms with E-state index in [9.17, 15) is 0 Å². The Morgan fingerprint density at radius 2 is 1.08 bits per heavy atom. The van der Waals surface area contributed by atoms with Crippen LogP contribution in [0.3, 0.4) is 0 Å². The van der Waals surface area contributed by atoms with Crippen LogP contribution in [0.2, 0.25) is 0 Å². The van der Waals surface area contributed by atoms with Gasteiger partial charge in [-0.2, -0.15) is 0 Å². The molecule has 0 bridgehead atoms. The molecule has 24 heavy (non-hydrogen) atoms. The number of hydrogen-bond acceptors (Lipinski definition) is 1. The average Bonchev–Trinajstić information content (AvgIpc) is 2.39. The zero-order valence-corrected chi connectivity index (χ0v) is 18.8. The summed E-state index contributed by atoms with van der Waals surface area (Å²) >= 11 is 0. The Morgan fingerprint density at radius 3 is 1.67 bits per heavy atom. The second-order valence-corrected chi connectivity index (χ2v) is 8.48. The van der Waals surface area contributed by atoms with Gasteiger partial charge in [-0.15, -0.1) is 0 Å². The fourth-order valence-corrected chi connectivity index (χ4v) is 2.77. The van der Waals surface area contributed by atoms with Crippen molar-refractivity contribution >= 4 is 0 Å². The third-order valence-corrected chi connectivity index (χ3v) is 4.29. The van der Waals surface area contributed by atoms with Crippen LogP contribution < -0.4 is 24.8 Å². The number of rotatable bonds is 15. The van der Waals surface area contributed by atoms with Crippen molar-refractivity contribution in [1.82, 2.24) is 0 Å². The van der Waals surface area contributed by atoms with Crippen LogP contribution in [0.5, 0.6) is 0 Å². The zero-order chi connectivity index (χ0) is 16.9. The van der Waals surface area contributed by atoms with E-state index in [4.69, 9.17) is 4.74 Å². The van der Waals surface area contributed by atoms with Crippen molar-refractivity contribution < 1.29 is 38.5 Å². The van der Waals surface area contributed by atoms with Crippen LogP contribution in [0, 0.1) is 0 Å². The normalized spacial score (nSPS) is 11.8. The van der Waals surface area contributed by atoms with E-state index in [1.165, 1.54) is 71.0 Å². The van der Waals surface area contributed by atoms with Crippen molar-refractivity contribution in [3.8, 4) is 0 Å². The molecule has 0 aliphatic rings. The van der Waals surface area contributed by atoms with Crippen molar-refractivity contribution in [2.75, 3.05) is 68.1 Å². The van der Waals surface area contributed by atoms with Crippen LogP contribution in [-0.4, -0.2) is 77.1 Å². The van der Waals surface area contributed by atoms with Gasteiger partial charge in [0.1, 0.15) is 0 Å². The number of halogens is 2. The number of quaternary nitrogens is 2. The van der Waals surface area contributed by atoms with Crippen LogP contribution in [0.25, 0.3) is 0 Å². The quantitative estimate of drug-likeness (QED) is 0.232. The molecule has 0 spiro atoms. The van der Waals surface area contributed by atoms with E-state index >= 15 is 0 Å². The van der Waals surface area contributed by atoms with Crippen LogP contribution in [-0.2, 0) is 4.74 Å². The maximum atomic E-state index is 5.78. The van der Waals surface area contributed by atoms with E-state index in [0.717, 1.165) is 22.2 Å². The molecule has 0 atom stereocenters. The average molecular weight is 387 g/mol. The minimum atomic E-state index is 0. The summed E-state index contributed by atoms with van der Waals surface area (Å²) in [4.78, 5) is 0. The minimum Gasteiger partial charge on any atom is -1.00 e. The standard InChI is InChI=1S/C19H44N2O.2ClH/c1-7-8-9-10-11-12-18-22-19-14-17-21(5,6)16-13-15-20(2,3)4;;/h7-19H2,1-6H3;2*1H/q+2;;/p-2. The molecule has 0 aliphatic carbocycles. The van der Waals surface area contributed by atoms with Gasteiger partial charge in [-0.25, -0.2) is 0 Å². The van der Waals surface area contributed by atoms with E-state index in [0.29, 0.717) is 0 Å². The molecule has 0 N–H and O–H groups in total. The van der Waals surface area contributed by atoms with Crippen molar-refractivity contribution in [1.29, 1.82) is 0 Å². The topological polar surface area (TPSA) is 9.23 Å². The van der Waals surface area contributed by atoms with Gasteiger partial charge in [0.05, 0.1) is 61.5 Å². The van der Waals surface area contributed by atoms with Gasteiger partial charge in [0, 0.05) is 19.4 Å². The lowest BCUT2D eigenvalue weighted by atomic mass is 10.1. The van der Waals surface area contributed by atoms with Gasteiger partial charge >= 0.3 is 0 Å². The van der Waals surface area contributed by atoms with Gasteiger partial charge in [-0.1, -0.05) is 39.0 Å².